The van der Waals surface area contributed by atoms with E-state index in [1.807, 2.05) is 0 Å². The number of carbonyl (C=O) groups excluding carboxylic acids is 2. The van der Waals surface area contributed by atoms with E-state index in [1.165, 1.54) is 0 Å². The quantitative estimate of drug-likeness (QED) is 0.496. The fraction of sp³-hybridized carbons (Fsp3) is 0.750. The van der Waals surface area contributed by atoms with Crippen LogP contribution in [0, 0.1) is 0 Å². The summed E-state index contributed by atoms with van der Waals surface area (Å²) in [6, 6.07) is -1.73. The number of hydrogen-bond acceptors (Lipinski definition) is 6. The molecule has 1 heterocycles. The van der Waals surface area contributed by atoms with Crippen LogP contribution in [0.4, 0.5) is 0 Å². The van der Waals surface area contributed by atoms with Crippen molar-refractivity contribution >= 4 is 21.7 Å². The van der Waals surface area contributed by atoms with Crippen LogP contribution in [-0.4, -0.2) is 50.9 Å². The fourth-order valence-corrected chi connectivity index (χ4v) is 1.88. The van der Waals surface area contributed by atoms with E-state index in [1.54, 1.807) is 0 Å². The number of nitrogens with one attached hydrogen (secondary N) is 2. The van der Waals surface area contributed by atoms with Crippen molar-refractivity contribution in [2.45, 2.75) is 18.5 Å². The summed E-state index contributed by atoms with van der Waals surface area (Å²) < 4.78 is 21.8. The normalized spacial score (nSPS) is 22.0. The van der Waals surface area contributed by atoms with Crippen molar-refractivity contribution < 1.29 is 22.8 Å². The van der Waals surface area contributed by atoms with Crippen LogP contribution in [0.15, 0.2) is 0 Å². The predicted octanol–water partition coefficient (Wildman–Crippen LogP) is -2.71. The Hall–Kier alpha value is -1.19. The van der Waals surface area contributed by atoms with Gasteiger partial charge in [-0.1, -0.05) is 0 Å². The van der Waals surface area contributed by atoms with Crippen LogP contribution >= 0.6 is 0 Å². The maximum Gasteiger partial charge on any atom is 0.268 e. The van der Waals surface area contributed by atoms with Crippen LogP contribution in [0.25, 0.3) is 0 Å². The molecule has 1 aliphatic rings. The third-order valence-electron chi connectivity index (χ3n) is 2.19. The predicted molar refractivity (Wildman–Crippen MR) is 58.3 cm³/mol. The van der Waals surface area contributed by atoms with Gasteiger partial charge in [0.2, 0.25) is 5.91 Å². The van der Waals surface area contributed by atoms with Crippen LogP contribution in [0.5, 0.6) is 0 Å². The van der Waals surface area contributed by atoms with Gasteiger partial charge in [-0.25, -0.2) is 13.9 Å². The molecule has 0 spiro atoms. The number of carbonyl (C=O) groups is 2. The first kappa shape index (κ1) is 13.9. The molecule has 8 nitrogen and oxygen atoms in total. The third kappa shape index (κ3) is 4.67. The van der Waals surface area contributed by atoms with E-state index in [-0.39, 0.29) is 18.8 Å². The summed E-state index contributed by atoms with van der Waals surface area (Å²) in [5, 5.41) is 2.37. The highest BCUT2D eigenvalue weighted by Crippen LogP contribution is 1.98. The number of nitrogens with two attached hydrogens (primary N) is 1. The Bertz CT molecular complexity index is 407. The molecule has 98 valence electrons. The van der Waals surface area contributed by atoms with Gasteiger partial charge in [0, 0.05) is 6.26 Å². The molecule has 2 atom stereocenters. The van der Waals surface area contributed by atoms with Crippen LogP contribution in [0.3, 0.4) is 0 Å². The zero-order chi connectivity index (χ0) is 13.1. The van der Waals surface area contributed by atoms with E-state index in [9.17, 15) is 18.0 Å². The summed E-state index contributed by atoms with van der Waals surface area (Å²) in [4.78, 5) is 27.2. The van der Waals surface area contributed by atoms with Gasteiger partial charge in [0.15, 0.2) is 0 Å². The second-order valence-corrected chi connectivity index (χ2v) is 6.12. The van der Waals surface area contributed by atoms with Gasteiger partial charge < -0.3 is 11.1 Å². The Balaban J connectivity index is 2.39. The van der Waals surface area contributed by atoms with Crippen LogP contribution in [0.2, 0.25) is 0 Å². The lowest BCUT2D eigenvalue weighted by Crippen LogP contribution is -2.49. The van der Waals surface area contributed by atoms with Gasteiger partial charge in [0.25, 0.3) is 5.91 Å². The summed E-state index contributed by atoms with van der Waals surface area (Å²) >= 11 is 0. The smallest absolute Gasteiger partial charge is 0.268 e. The lowest BCUT2D eigenvalue weighted by atomic mass is 10.2. The minimum Gasteiger partial charge on any atom is -0.341 e. The van der Waals surface area contributed by atoms with Crippen LogP contribution in [0.1, 0.15) is 6.42 Å². The molecule has 1 saturated heterocycles. The number of hydroxylamine groups is 1. The molecule has 0 bridgehead atoms. The summed E-state index contributed by atoms with van der Waals surface area (Å²) in [6.07, 6.45) is 1.08. The summed E-state index contributed by atoms with van der Waals surface area (Å²) in [5.74, 6) is -1.19. The molecule has 4 N–H and O–H groups in total. The van der Waals surface area contributed by atoms with Crippen molar-refractivity contribution in [2.24, 2.45) is 5.73 Å². The Morgan fingerprint density at radius 2 is 2.35 bits per heavy atom. The number of amides is 2. The summed E-state index contributed by atoms with van der Waals surface area (Å²) in [5.41, 5.74) is 7.58. The Morgan fingerprint density at radius 3 is 2.82 bits per heavy atom. The van der Waals surface area contributed by atoms with Crippen LogP contribution < -0.4 is 16.5 Å². The van der Waals surface area contributed by atoms with E-state index in [0.717, 1.165) is 6.26 Å². The van der Waals surface area contributed by atoms with Gasteiger partial charge in [-0.05, 0) is 6.42 Å². The Morgan fingerprint density at radius 1 is 1.71 bits per heavy atom. The molecule has 0 aromatic rings. The summed E-state index contributed by atoms with van der Waals surface area (Å²) in [7, 11) is -3.15. The molecule has 17 heavy (non-hydrogen) atoms. The molecule has 1 rings (SSSR count). The molecule has 1 unspecified atom stereocenters. The average molecular weight is 265 g/mol. The van der Waals surface area contributed by atoms with Crippen molar-refractivity contribution in [2.75, 3.05) is 18.6 Å². The third-order valence-corrected chi connectivity index (χ3v) is 3.17. The van der Waals surface area contributed by atoms with Gasteiger partial charge in [0.1, 0.15) is 22.5 Å². The first-order valence-electron chi connectivity index (χ1n) is 4.95. The van der Waals surface area contributed by atoms with Crippen molar-refractivity contribution in [1.82, 2.24) is 10.8 Å². The van der Waals surface area contributed by atoms with Crippen molar-refractivity contribution in [3.8, 4) is 0 Å². The highest BCUT2D eigenvalue weighted by Gasteiger charge is 2.28. The standard InChI is InChI=1S/C8H15N3O5S/c1-17(14,15)3-2-5(9)7(12)10-6-4-16-11-8(6)13/h5-6H,2-4,9H2,1H3,(H,10,12)(H,11,13)/t5?,6-/m1/s1. The maximum absolute atomic E-state index is 11.5. The van der Waals surface area contributed by atoms with Crippen molar-refractivity contribution in [3.63, 3.8) is 0 Å². The Labute approximate surface area is 98.7 Å². The summed E-state index contributed by atoms with van der Waals surface area (Å²) in [6.45, 7) is 0.0311. The van der Waals surface area contributed by atoms with E-state index >= 15 is 0 Å². The van der Waals surface area contributed by atoms with Crippen molar-refractivity contribution in [3.05, 3.63) is 0 Å². The minimum absolute atomic E-state index is 0.0138. The molecule has 0 aromatic heterocycles. The molecule has 0 aliphatic carbocycles. The molecule has 0 saturated carbocycles. The molecule has 1 fully saturated rings. The Kier molecular flexibility index (Phi) is 4.43. The van der Waals surface area contributed by atoms with Gasteiger partial charge in [-0.15, -0.1) is 0 Å². The zero-order valence-corrected chi connectivity index (χ0v) is 10.1. The molecule has 9 heteroatoms. The monoisotopic (exact) mass is 265 g/mol. The second kappa shape index (κ2) is 5.43. The lowest BCUT2D eigenvalue weighted by Gasteiger charge is -2.13. The SMILES string of the molecule is CS(=O)(=O)CCC(N)C(=O)N[C@@H]1CONC1=O. The lowest BCUT2D eigenvalue weighted by molar-refractivity contribution is -0.129. The van der Waals surface area contributed by atoms with Crippen molar-refractivity contribution in [1.29, 1.82) is 0 Å². The first-order chi connectivity index (χ1) is 7.79. The molecular weight excluding hydrogens is 250 g/mol. The van der Waals surface area contributed by atoms with E-state index in [2.05, 4.69) is 15.6 Å². The van der Waals surface area contributed by atoms with Gasteiger partial charge in [-0.2, -0.15) is 0 Å². The number of rotatable bonds is 5. The number of sulfone groups is 1. The minimum atomic E-state index is -3.15. The van der Waals surface area contributed by atoms with E-state index < -0.39 is 33.7 Å². The second-order valence-electron chi connectivity index (χ2n) is 3.86. The fourth-order valence-electron chi connectivity index (χ4n) is 1.20. The zero-order valence-electron chi connectivity index (χ0n) is 9.30. The molecule has 0 radical (unpaired) electrons. The highest BCUT2D eigenvalue weighted by atomic mass is 32.2. The average Bonchev–Trinajstić information content (AvgIpc) is 2.59. The van der Waals surface area contributed by atoms with Crippen LogP contribution in [-0.2, 0) is 24.3 Å². The topological polar surface area (TPSA) is 128 Å². The largest absolute Gasteiger partial charge is 0.341 e. The van der Waals surface area contributed by atoms with Gasteiger partial charge in [-0.3, -0.25) is 14.4 Å². The van der Waals surface area contributed by atoms with E-state index in [4.69, 9.17) is 5.73 Å². The van der Waals surface area contributed by atoms with E-state index in [0.29, 0.717) is 0 Å². The molecular formula is C8H15N3O5S. The van der Waals surface area contributed by atoms with Gasteiger partial charge >= 0.3 is 0 Å². The van der Waals surface area contributed by atoms with Gasteiger partial charge in [0.05, 0.1) is 11.8 Å². The molecule has 1 aliphatic heterocycles. The number of hydrogen-bond donors (Lipinski definition) is 3. The highest BCUT2D eigenvalue weighted by molar-refractivity contribution is 7.90. The molecule has 0 aromatic carbocycles. The first-order valence-corrected chi connectivity index (χ1v) is 7.01. The maximum atomic E-state index is 11.5. The molecule has 2 amide bonds.